The van der Waals surface area contributed by atoms with Crippen LogP contribution >= 0.6 is 0 Å². The lowest BCUT2D eigenvalue weighted by molar-refractivity contribution is 0.0915. The van der Waals surface area contributed by atoms with Crippen molar-refractivity contribution in [3.8, 4) is 5.75 Å². The molecule has 0 saturated heterocycles. The van der Waals surface area contributed by atoms with Gasteiger partial charge in [0.05, 0.1) is 18.0 Å². The number of hydrogen-bond donors (Lipinski definition) is 0. The van der Waals surface area contributed by atoms with Gasteiger partial charge < -0.3 is 4.74 Å². The molecule has 1 aliphatic rings. The molecule has 2 aromatic carbocycles. The van der Waals surface area contributed by atoms with Crippen molar-refractivity contribution in [2.75, 3.05) is 13.7 Å². The van der Waals surface area contributed by atoms with Gasteiger partial charge in [-0.25, -0.2) is 8.42 Å². The third-order valence-electron chi connectivity index (χ3n) is 4.62. The first kappa shape index (κ1) is 17.6. The largest absolute Gasteiger partial charge is 0.497 e. The van der Waals surface area contributed by atoms with Gasteiger partial charge in [-0.3, -0.25) is 4.79 Å². The van der Waals surface area contributed by atoms with Crippen LogP contribution in [0.1, 0.15) is 28.4 Å². The highest BCUT2D eigenvalue weighted by atomic mass is 32.2. The van der Waals surface area contributed by atoms with E-state index >= 15 is 0 Å². The summed E-state index contributed by atoms with van der Waals surface area (Å²) < 4.78 is 32.6. The predicted molar refractivity (Wildman–Crippen MR) is 95.6 cm³/mol. The van der Waals surface area contributed by atoms with Crippen molar-refractivity contribution in [1.29, 1.82) is 0 Å². The van der Waals surface area contributed by atoms with Gasteiger partial charge in [0.2, 0.25) is 10.0 Å². The van der Waals surface area contributed by atoms with Crippen LogP contribution in [-0.4, -0.2) is 38.2 Å². The normalized spacial score (nSPS) is 18.5. The van der Waals surface area contributed by atoms with Gasteiger partial charge in [0.15, 0.2) is 5.78 Å². The quantitative estimate of drug-likeness (QED) is 0.845. The molecule has 2 aromatic rings. The summed E-state index contributed by atoms with van der Waals surface area (Å²) in [5, 5.41) is 0. The number of benzene rings is 2. The molecule has 5 nitrogen and oxygen atoms in total. The average Bonchev–Trinajstić information content (AvgIpc) is 2.72. The third kappa shape index (κ3) is 3.19. The number of carbonyl (C=O) groups is 1. The lowest BCUT2D eigenvalue weighted by Crippen LogP contribution is -2.42. The number of carbonyl (C=O) groups excluding carboxylic acids is 1. The Labute approximate surface area is 148 Å². The van der Waals surface area contributed by atoms with Gasteiger partial charge in [-0.1, -0.05) is 17.7 Å². The standard InChI is InChI=1S/C19H21NO4S/c1-13-4-7-17(8-5-13)25(22,23)20-11-10-15-12-16(24-3)6-9-18(15)19(21)14(20)2/h4-9,12,14H,10-11H2,1-3H3. The van der Waals surface area contributed by atoms with Crippen molar-refractivity contribution in [3.05, 3.63) is 59.2 Å². The average molecular weight is 359 g/mol. The van der Waals surface area contributed by atoms with Crippen molar-refractivity contribution in [2.45, 2.75) is 31.2 Å². The molecular formula is C19H21NO4S. The zero-order valence-electron chi connectivity index (χ0n) is 14.5. The van der Waals surface area contributed by atoms with Crippen LogP contribution in [0.3, 0.4) is 0 Å². The Hall–Kier alpha value is -2.18. The van der Waals surface area contributed by atoms with Crippen LogP contribution < -0.4 is 4.74 Å². The topological polar surface area (TPSA) is 63.7 Å². The Morgan fingerprint density at radius 2 is 1.80 bits per heavy atom. The molecule has 1 atom stereocenters. The summed E-state index contributed by atoms with van der Waals surface area (Å²) in [6, 6.07) is 11.2. The van der Waals surface area contributed by atoms with E-state index in [2.05, 4.69) is 0 Å². The van der Waals surface area contributed by atoms with Crippen molar-refractivity contribution in [3.63, 3.8) is 0 Å². The van der Waals surface area contributed by atoms with Crippen LogP contribution in [0.4, 0.5) is 0 Å². The fourth-order valence-corrected chi connectivity index (χ4v) is 4.69. The Kier molecular flexibility index (Phi) is 4.67. The number of aryl methyl sites for hydroxylation is 1. The lowest BCUT2D eigenvalue weighted by Gasteiger charge is -2.25. The molecular weight excluding hydrogens is 338 g/mol. The molecule has 25 heavy (non-hydrogen) atoms. The number of fused-ring (bicyclic) bond motifs is 1. The van der Waals surface area contributed by atoms with Crippen LogP contribution in [0.5, 0.6) is 5.75 Å². The fraction of sp³-hybridized carbons (Fsp3) is 0.316. The molecule has 0 radical (unpaired) electrons. The number of ketones is 1. The number of rotatable bonds is 3. The van der Waals surface area contributed by atoms with E-state index in [-0.39, 0.29) is 17.2 Å². The highest BCUT2D eigenvalue weighted by Crippen LogP contribution is 2.28. The van der Waals surface area contributed by atoms with Crippen LogP contribution in [-0.2, 0) is 16.4 Å². The van der Waals surface area contributed by atoms with Gasteiger partial charge in [-0.15, -0.1) is 0 Å². The van der Waals surface area contributed by atoms with Crippen LogP contribution in [0.15, 0.2) is 47.4 Å². The summed E-state index contributed by atoms with van der Waals surface area (Å²) in [7, 11) is -2.17. The summed E-state index contributed by atoms with van der Waals surface area (Å²) in [5.41, 5.74) is 2.37. The maximum atomic E-state index is 13.0. The van der Waals surface area contributed by atoms with E-state index in [1.807, 2.05) is 13.0 Å². The number of sulfonamides is 1. The van der Waals surface area contributed by atoms with E-state index < -0.39 is 16.1 Å². The van der Waals surface area contributed by atoms with E-state index in [9.17, 15) is 13.2 Å². The van der Waals surface area contributed by atoms with Gasteiger partial charge in [0.25, 0.3) is 0 Å². The summed E-state index contributed by atoms with van der Waals surface area (Å²) in [6.07, 6.45) is 0.466. The Balaban J connectivity index is 2.00. The minimum atomic E-state index is -3.74. The second kappa shape index (κ2) is 6.61. The van der Waals surface area contributed by atoms with Crippen molar-refractivity contribution >= 4 is 15.8 Å². The highest BCUT2D eigenvalue weighted by Gasteiger charge is 2.36. The zero-order chi connectivity index (χ0) is 18.2. The summed E-state index contributed by atoms with van der Waals surface area (Å²) >= 11 is 0. The monoisotopic (exact) mass is 359 g/mol. The maximum Gasteiger partial charge on any atom is 0.243 e. The molecule has 1 aliphatic heterocycles. The van der Waals surface area contributed by atoms with Crippen LogP contribution in [0, 0.1) is 6.92 Å². The van der Waals surface area contributed by atoms with E-state index in [1.54, 1.807) is 50.4 Å². The molecule has 1 unspecified atom stereocenters. The Morgan fingerprint density at radius 3 is 2.44 bits per heavy atom. The molecule has 0 N–H and O–H groups in total. The van der Waals surface area contributed by atoms with Crippen molar-refractivity contribution in [2.24, 2.45) is 0 Å². The number of ether oxygens (including phenoxy) is 1. The molecule has 0 amide bonds. The van der Waals surface area contributed by atoms with Crippen LogP contribution in [0.2, 0.25) is 0 Å². The lowest BCUT2D eigenvalue weighted by atomic mass is 9.99. The van der Waals surface area contributed by atoms with E-state index in [0.29, 0.717) is 17.7 Å². The molecule has 0 spiro atoms. The van der Waals surface area contributed by atoms with E-state index in [0.717, 1.165) is 11.1 Å². The molecule has 0 aliphatic carbocycles. The Morgan fingerprint density at radius 1 is 1.12 bits per heavy atom. The zero-order valence-corrected chi connectivity index (χ0v) is 15.3. The van der Waals surface area contributed by atoms with Gasteiger partial charge in [0, 0.05) is 12.1 Å². The molecule has 132 valence electrons. The molecule has 6 heteroatoms. The number of nitrogens with zero attached hydrogens (tertiary/aromatic N) is 1. The van der Waals surface area contributed by atoms with E-state index in [1.165, 1.54) is 4.31 Å². The maximum absolute atomic E-state index is 13.0. The second-order valence-electron chi connectivity index (χ2n) is 6.24. The second-order valence-corrected chi connectivity index (χ2v) is 8.13. The van der Waals surface area contributed by atoms with Crippen molar-refractivity contribution < 1.29 is 17.9 Å². The van der Waals surface area contributed by atoms with Gasteiger partial charge in [-0.05, 0) is 56.2 Å². The molecule has 0 bridgehead atoms. The first-order chi connectivity index (χ1) is 11.8. The summed E-state index contributed by atoms with van der Waals surface area (Å²) in [5.74, 6) is 0.472. The minimum Gasteiger partial charge on any atom is -0.497 e. The number of methoxy groups -OCH3 is 1. The van der Waals surface area contributed by atoms with Crippen LogP contribution in [0.25, 0.3) is 0 Å². The predicted octanol–water partition coefficient (Wildman–Crippen LogP) is 2.82. The molecule has 1 heterocycles. The molecule has 3 rings (SSSR count). The Bertz CT molecular complexity index is 904. The van der Waals surface area contributed by atoms with Gasteiger partial charge in [0.1, 0.15) is 5.75 Å². The summed E-state index contributed by atoms with van der Waals surface area (Å²) in [4.78, 5) is 13.0. The van der Waals surface area contributed by atoms with Gasteiger partial charge >= 0.3 is 0 Å². The first-order valence-electron chi connectivity index (χ1n) is 8.14. The van der Waals surface area contributed by atoms with Crippen molar-refractivity contribution in [1.82, 2.24) is 4.31 Å². The third-order valence-corrected chi connectivity index (χ3v) is 6.60. The van der Waals surface area contributed by atoms with E-state index in [4.69, 9.17) is 4.74 Å². The first-order valence-corrected chi connectivity index (χ1v) is 9.58. The smallest absolute Gasteiger partial charge is 0.243 e. The minimum absolute atomic E-state index is 0.189. The number of Topliss-reactive ketones (excluding diaryl/α,β-unsaturated/α-hetero) is 1. The fourth-order valence-electron chi connectivity index (χ4n) is 3.10. The summed E-state index contributed by atoms with van der Waals surface area (Å²) in [6.45, 7) is 3.80. The van der Waals surface area contributed by atoms with Gasteiger partial charge in [-0.2, -0.15) is 4.31 Å². The molecule has 0 aromatic heterocycles. The SMILES string of the molecule is COc1ccc2c(c1)CCN(S(=O)(=O)c1ccc(C)cc1)C(C)C2=O. The molecule has 0 saturated carbocycles. The number of hydrogen-bond acceptors (Lipinski definition) is 4. The highest BCUT2D eigenvalue weighted by molar-refractivity contribution is 7.89. The molecule has 0 fully saturated rings.